The van der Waals surface area contributed by atoms with Crippen LogP contribution in [0.1, 0.15) is 15.2 Å². The number of hydrogen-bond acceptors (Lipinski definition) is 6. The first kappa shape index (κ1) is 16.9. The predicted molar refractivity (Wildman–Crippen MR) is 96.1 cm³/mol. The summed E-state index contributed by atoms with van der Waals surface area (Å²) < 4.78 is 14.5. The van der Waals surface area contributed by atoms with Gasteiger partial charge in [-0.2, -0.15) is 0 Å². The highest BCUT2D eigenvalue weighted by Crippen LogP contribution is 2.27. The lowest BCUT2D eigenvalue weighted by Crippen LogP contribution is -2.22. The molecular weight excluding hydrogens is 338 g/mol. The van der Waals surface area contributed by atoms with Crippen LogP contribution in [0.25, 0.3) is 11.3 Å². The van der Waals surface area contributed by atoms with Gasteiger partial charge in [0.1, 0.15) is 22.1 Å². The number of nitrogens with one attached hydrogen (secondary N) is 1. The number of para-hydroxylation sites is 1. The maximum atomic E-state index is 12.6. The second-order valence-electron chi connectivity index (χ2n) is 5.18. The highest BCUT2D eigenvalue weighted by Gasteiger charge is 2.18. The van der Waals surface area contributed by atoms with Crippen molar-refractivity contribution >= 4 is 17.4 Å². The van der Waals surface area contributed by atoms with Crippen LogP contribution in [0.15, 0.2) is 48.5 Å². The van der Waals surface area contributed by atoms with Crippen LogP contribution in [0.3, 0.4) is 0 Å². The van der Waals surface area contributed by atoms with Gasteiger partial charge in [-0.15, -0.1) is 5.10 Å². The Morgan fingerprint density at radius 3 is 2.76 bits per heavy atom. The zero-order chi connectivity index (χ0) is 17.6. The van der Waals surface area contributed by atoms with Crippen LogP contribution in [-0.4, -0.2) is 29.7 Å². The summed E-state index contributed by atoms with van der Waals surface area (Å²) in [6, 6.07) is 14.9. The van der Waals surface area contributed by atoms with Crippen molar-refractivity contribution in [1.82, 2.24) is 14.9 Å². The quantitative estimate of drug-likeness (QED) is 0.735. The molecule has 1 heterocycles. The zero-order valence-corrected chi connectivity index (χ0v) is 14.7. The molecule has 0 atom stereocenters. The van der Waals surface area contributed by atoms with Crippen LogP contribution in [0.4, 0.5) is 0 Å². The molecule has 1 N–H and O–H groups in total. The standard InChI is InChI=1S/C18H17N3O3S/c1-23-14-8-5-7-12(10-14)16-17(25-21-20-16)18(22)19-11-13-6-3-4-9-15(13)24-2/h3-10H,11H2,1-2H3,(H,19,22). The molecule has 0 saturated heterocycles. The lowest BCUT2D eigenvalue weighted by molar-refractivity contribution is 0.0955. The number of methoxy groups -OCH3 is 2. The zero-order valence-electron chi connectivity index (χ0n) is 13.9. The number of aromatic nitrogens is 2. The van der Waals surface area contributed by atoms with Gasteiger partial charge in [-0.25, -0.2) is 0 Å². The van der Waals surface area contributed by atoms with Crippen molar-refractivity contribution in [2.45, 2.75) is 6.54 Å². The Bertz CT molecular complexity index is 879. The van der Waals surface area contributed by atoms with E-state index in [0.717, 1.165) is 28.4 Å². The molecule has 0 bridgehead atoms. The minimum atomic E-state index is -0.223. The average molecular weight is 355 g/mol. The van der Waals surface area contributed by atoms with E-state index in [0.29, 0.717) is 22.9 Å². The number of amides is 1. The summed E-state index contributed by atoms with van der Waals surface area (Å²) in [5, 5.41) is 6.99. The highest BCUT2D eigenvalue weighted by molar-refractivity contribution is 7.08. The van der Waals surface area contributed by atoms with Crippen LogP contribution >= 0.6 is 11.5 Å². The van der Waals surface area contributed by atoms with Gasteiger partial charge < -0.3 is 14.8 Å². The summed E-state index contributed by atoms with van der Waals surface area (Å²) in [5.41, 5.74) is 2.23. The molecule has 6 nitrogen and oxygen atoms in total. The van der Waals surface area contributed by atoms with Gasteiger partial charge in [0.15, 0.2) is 0 Å². The second-order valence-corrected chi connectivity index (χ2v) is 5.93. The fourth-order valence-electron chi connectivity index (χ4n) is 2.40. The third kappa shape index (κ3) is 3.77. The van der Waals surface area contributed by atoms with E-state index in [1.807, 2.05) is 48.5 Å². The Balaban J connectivity index is 1.78. The number of carbonyl (C=O) groups is 1. The molecule has 3 rings (SSSR count). The summed E-state index contributed by atoms with van der Waals surface area (Å²) in [4.78, 5) is 13.0. The summed E-state index contributed by atoms with van der Waals surface area (Å²) in [7, 11) is 3.20. The van der Waals surface area contributed by atoms with Crippen molar-refractivity contribution in [3.8, 4) is 22.8 Å². The first-order chi connectivity index (χ1) is 12.2. The number of carbonyl (C=O) groups excluding carboxylic acids is 1. The maximum absolute atomic E-state index is 12.6. The van der Waals surface area contributed by atoms with Gasteiger partial charge in [0.25, 0.3) is 5.91 Å². The Labute approximate surface area is 149 Å². The van der Waals surface area contributed by atoms with Crippen molar-refractivity contribution in [2.75, 3.05) is 14.2 Å². The number of ether oxygens (including phenoxy) is 2. The van der Waals surface area contributed by atoms with Gasteiger partial charge in [-0.3, -0.25) is 4.79 Å². The third-order valence-corrected chi connectivity index (χ3v) is 4.39. The van der Waals surface area contributed by atoms with E-state index in [1.54, 1.807) is 14.2 Å². The van der Waals surface area contributed by atoms with Gasteiger partial charge in [0, 0.05) is 17.7 Å². The topological polar surface area (TPSA) is 73.3 Å². The van der Waals surface area contributed by atoms with E-state index in [-0.39, 0.29) is 5.91 Å². The van der Waals surface area contributed by atoms with E-state index < -0.39 is 0 Å². The summed E-state index contributed by atoms with van der Waals surface area (Å²) >= 11 is 1.07. The average Bonchev–Trinajstić information content (AvgIpc) is 3.16. The van der Waals surface area contributed by atoms with Crippen molar-refractivity contribution in [3.05, 3.63) is 59.0 Å². The molecule has 25 heavy (non-hydrogen) atoms. The molecule has 1 amide bonds. The van der Waals surface area contributed by atoms with Gasteiger partial charge >= 0.3 is 0 Å². The van der Waals surface area contributed by atoms with Crippen LogP contribution < -0.4 is 14.8 Å². The third-order valence-electron chi connectivity index (χ3n) is 3.67. The number of rotatable bonds is 6. The largest absolute Gasteiger partial charge is 0.497 e. The Morgan fingerprint density at radius 1 is 1.12 bits per heavy atom. The molecule has 0 unspecified atom stereocenters. The summed E-state index contributed by atoms with van der Waals surface area (Å²) in [6.45, 7) is 0.359. The predicted octanol–water partition coefficient (Wildman–Crippen LogP) is 3.15. The van der Waals surface area contributed by atoms with Gasteiger partial charge in [-0.05, 0) is 29.7 Å². The molecule has 1 aromatic heterocycles. The normalized spacial score (nSPS) is 10.3. The molecule has 0 aliphatic rings. The smallest absolute Gasteiger partial charge is 0.265 e. The van der Waals surface area contributed by atoms with E-state index in [1.165, 1.54) is 0 Å². The molecule has 3 aromatic rings. The van der Waals surface area contributed by atoms with Crippen LogP contribution in [0.2, 0.25) is 0 Å². The van der Waals surface area contributed by atoms with Gasteiger partial charge in [0.05, 0.1) is 14.2 Å². The minimum absolute atomic E-state index is 0.223. The summed E-state index contributed by atoms with van der Waals surface area (Å²) in [5.74, 6) is 1.21. The Morgan fingerprint density at radius 2 is 1.96 bits per heavy atom. The number of nitrogens with zero attached hydrogens (tertiary/aromatic N) is 2. The van der Waals surface area contributed by atoms with E-state index in [2.05, 4.69) is 14.9 Å². The van der Waals surface area contributed by atoms with E-state index in [4.69, 9.17) is 9.47 Å². The van der Waals surface area contributed by atoms with Crippen molar-refractivity contribution in [3.63, 3.8) is 0 Å². The van der Waals surface area contributed by atoms with Crippen LogP contribution in [-0.2, 0) is 6.54 Å². The minimum Gasteiger partial charge on any atom is -0.497 e. The molecule has 128 valence electrons. The van der Waals surface area contributed by atoms with Crippen LogP contribution in [0.5, 0.6) is 11.5 Å². The lowest BCUT2D eigenvalue weighted by Gasteiger charge is -2.09. The molecule has 0 saturated carbocycles. The molecule has 0 radical (unpaired) electrons. The Hall–Kier alpha value is -2.93. The SMILES string of the molecule is COc1cccc(-c2nnsc2C(=O)NCc2ccccc2OC)c1. The van der Waals surface area contributed by atoms with E-state index >= 15 is 0 Å². The van der Waals surface area contributed by atoms with Crippen molar-refractivity contribution in [2.24, 2.45) is 0 Å². The molecule has 0 fully saturated rings. The highest BCUT2D eigenvalue weighted by atomic mass is 32.1. The molecular formula is C18H17N3O3S. The fourth-order valence-corrected chi connectivity index (χ4v) is 3.01. The number of hydrogen-bond donors (Lipinski definition) is 1. The Kier molecular flexibility index (Phi) is 5.25. The first-order valence-corrected chi connectivity index (χ1v) is 8.37. The molecule has 0 aliphatic heterocycles. The van der Waals surface area contributed by atoms with Crippen LogP contribution in [0, 0.1) is 0 Å². The first-order valence-electron chi connectivity index (χ1n) is 7.59. The molecule has 0 aliphatic carbocycles. The summed E-state index contributed by atoms with van der Waals surface area (Å²) in [6.07, 6.45) is 0. The second kappa shape index (κ2) is 7.76. The molecule has 2 aromatic carbocycles. The van der Waals surface area contributed by atoms with Gasteiger partial charge in [-0.1, -0.05) is 34.8 Å². The maximum Gasteiger partial charge on any atom is 0.265 e. The molecule has 0 spiro atoms. The monoisotopic (exact) mass is 355 g/mol. The van der Waals surface area contributed by atoms with Crippen molar-refractivity contribution in [1.29, 1.82) is 0 Å². The van der Waals surface area contributed by atoms with E-state index in [9.17, 15) is 4.79 Å². The van der Waals surface area contributed by atoms with Crippen molar-refractivity contribution < 1.29 is 14.3 Å². The number of benzene rings is 2. The van der Waals surface area contributed by atoms with Gasteiger partial charge in [0.2, 0.25) is 0 Å². The fraction of sp³-hybridized carbons (Fsp3) is 0.167. The lowest BCUT2D eigenvalue weighted by atomic mass is 10.1. The molecule has 7 heteroatoms.